The summed E-state index contributed by atoms with van der Waals surface area (Å²) in [6.45, 7) is 0. The van der Waals surface area contributed by atoms with Crippen LogP contribution in [-0.2, 0) is 23.2 Å². The number of halogens is 2. The highest BCUT2D eigenvalue weighted by Crippen LogP contribution is 2.30. The summed E-state index contributed by atoms with van der Waals surface area (Å²) in [4.78, 5) is -1.03. The molecular formula is C7H7F2O5PS. The van der Waals surface area contributed by atoms with Crippen LogP contribution in [0.1, 0.15) is 0 Å². The van der Waals surface area contributed by atoms with Gasteiger partial charge in [-0.3, -0.25) is 4.57 Å². The molecule has 0 fully saturated rings. The van der Waals surface area contributed by atoms with Crippen molar-refractivity contribution in [2.24, 2.45) is 0 Å². The van der Waals surface area contributed by atoms with Crippen molar-refractivity contribution in [2.45, 2.75) is 4.90 Å². The van der Waals surface area contributed by atoms with Gasteiger partial charge in [-0.05, 0) is 18.2 Å². The van der Waals surface area contributed by atoms with Crippen molar-refractivity contribution in [3.8, 4) is 0 Å². The standard InChI is InChI=1S/C7H7F2O5PS/c1-13-15(10)14-16(11,12)7-4-5(8)2-3-6(7)9/h2-4,15H,1H3. The molecule has 0 aliphatic carbocycles. The molecular weight excluding hydrogens is 265 g/mol. The van der Waals surface area contributed by atoms with Crippen LogP contribution < -0.4 is 0 Å². The van der Waals surface area contributed by atoms with Gasteiger partial charge in [-0.25, -0.2) is 8.78 Å². The lowest BCUT2D eigenvalue weighted by Gasteiger charge is -2.04. The van der Waals surface area contributed by atoms with Crippen molar-refractivity contribution in [1.29, 1.82) is 0 Å². The van der Waals surface area contributed by atoms with Gasteiger partial charge < -0.3 is 4.52 Å². The lowest BCUT2D eigenvalue weighted by molar-refractivity contribution is 0.347. The Labute approximate surface area is 91.1 Å². The van der Waals surface area contributed by atoms with Crippen LogP contribution in [0, 0.1) is 11.6 Å². The first-order valence-corrected chi connectivity index (χ1v) is 6.47. The van der Waals surface area contributed by atoms with E-state index >= 15 is 0 Å². The molecule has 1 unspecified atom stereocenters. The normalized spacial score (nSPS) is 13.7. The predicted octanol–water partition coefficient (Wildman–Crippen LogP) is 1.71. The molecule has 1 atom stereocenters. The van der Waals surface area contributed by atoms with Gasteiger partial charge in [-0.2, -0.15) is 12.4 Å². The zero-order valence-corrected chi connectivity index (χ0v) is 9.75. The van der Waals surface area contributed by atoms with Crippen LogP contribution in [0.4, 0.5) is 8.78 Å². The van der Waals surface area contributed by atoms with Gasteiger partial charge in [-0.15, -0.1) is 0 Å². The molecule has 0 heterocycles. The Bertz CT molecular complexity index is 516. The van der Waals surface area contributed by atoms with Crippen molar-refractivity contribution in [1.82, 2.24) is 0 Å². The van der Waals surface area contributed by atoms with Crippen molar-refractivity contribution in [3.05, 3.63) is 29.8 Å². The number of hydrogen-bond donors (Lipinski definition) is 0. The van der Waals surface area contributed by atoms with Crippen LogP contribution in [-0.4, -0.2) is 15.5 Å². The van der Waals surface area contributed by atoms with Crippen molar-refractivity contribution < 1.29 is 30.3 Å². The topological polar surface area (TPSA) is 69.7 Å². The second-order valence-electron chi connectivity index (χ2n) is 2.57. The molecule has 0 bridgehead atoms. The Morgan fingerprint density at radius 3 is 2.50 bits per heavy atom. The van der Waals surface area contributed by atoms with E-state index in [-0.39, 0.29) is 0 Å². The first kappa shape index (κ1) is 13.2. The predicted molar refractivity (Wildman–Crippen MR) is 50.6 cm³/mol. The first-order chi connectivity index (χ1) is 7.36. The van der Waals surface area contributed by atoms with Crippen LogP contribution in [0.15, 0.2) is 23.1 Å². The summed E-state index contributed by atoms with van der Waals surface area (Å²) >= 11 is 0. The highest BCUT2D eigenvalue weighted by Gasteiger charge is 2.23. The molecule has 5 nitrogen and oxygen atoms in total. The van der Waals surface area contributed by atoms with E-state index in [1.165, 1.54) is 0 Å². The maximum Gasteiger partial charge on any atom is 0.333 e. The Hall–Kier alpha value is -0.820. The zero-order chi connectivity index (χ0) is 12.3. The molecule has 0 N–H and O–H groups in total. The summed E-state index contributed by atoms with van der Waals surface area (Å²) < 4.78 is 67.2. The summed E-state index contributed by atoms with van der Waals surface area (Å²) in [6.07, 6.45) is 0. The van der Waals surface area contributed by atoms with E-state index in [1.807, 2.05) is 0 Å². The third kappa shape index (κ3) is 3.08. The van der Waals surface area contributed by atoms with E-state index in [4.69, 9.17) is 0 Å². The van der Waals surface area contributed by atoms with E-state index in [1.54, 1.807) is 0 Å². The Kier molecular flexibility index (Phi) is 4.15. The Morgan fingerprint density at radius 1 is 1.31 bits per heavy atom. The second kappa shape index (κ2) is 5.01. The molecule has 1 aromatic rings. The Morgan fingerprint density at radius 2 is 1.94 bits per heavy atom. The maximum atomic E-state index is 13.1. The molecule has 0 spiro atoms. The van der Waals surface area contributed by atoms with Crippen molar-refractivity contribution >= 4 is 18.4 Å². The molecule has 0 saturated heterocycles. The van der Waals surface area contributed by atoms with E-state index in [2.05, 4.69) is 8.49 Å². The zero-order valence-electron chi connectivity index (χ0n) is 7.94. The van der Waals surface area contributed by atoms with Crippen molar-refractivity contribution in [2.75, 3.05) is 7.11 Å². The summed E-state index contributed by atoms with van der Waals surface area (Å²) in [5.41, 5.74) is 0. The summed E-state index contributed by atoms with van der Waals surface area (Å²) in [6, 6.07) is 1.79. The fourth-order valence-corrected chi connectivity index (χ4v) is 2.75. The molecule has 1 rings (SSSR count). The van der Waals surface area contributed by atoms with Crippen LogP contribution in [0.5, 0.6) is 0 Å². The lowest BCUT2D eigenvalue weighted by atomic mass is 10.3. The maximum absolute atomic E-state index is 13.1. The van der Waals surface area contributed by atoms with Gasteiger partial charge in [0.25, 0.3) is 0 Å². The summed E-state index contributed by atoms with van der Waals surface area (Å²) in [7, 11) is -6.96. The summed E-state index contributed by atoms with van der Waals surface area (Å²) in [5.74, 6) is -2.16. The SMILES string of the molecule is CO[PH](=O)OS(=O)(=O)c1cc(F)ccc1F. The van der Waals surface area contributed by atoms with E-state index in [0.29, 0.717) is 12.1 Å². The Balaban J connectivity index is 3.17. The quantitative estimate of drug-likeness (QED) is 0.780. The van der Waals surface area contributed by atoms with Gasteiger partial charge in [0.1, 0.15) is 16.5 Å². The molecule has 90 valence electrons. The van der Waals surface area contributed by atoms with Crippen LogP contribution in [0.2, 0.25) is 0 Å². The average Bonchev–Trinajstić information content (AvgIpc) is 2.20. The monoisotopic (exact) mass is 272 g/mol. The highest BCUT2D eigenvalue weighted by molar-refractivity contribution is 7.89. The smallest absolute Gasteiger partial charge is 0.313 e. The fourth-order valence-electron chi connectivity index (χ4n) is 0.837. The van der Waals surface area contributed by atoms with Gasteiger partial charge in [0, 0.05) is 7.11 Å². The molecule has 1 aromatic carbocycles. The third-order valence-corrected chi connectivity index (χ3v) is 4.11. The first-order valence-electron chi connectivity index (χ1n) is 3.84. The lowest BCUT2D eigenvalue weighted by Crippen LogP contribution is -2.05. The molecule has 0 saturated carbocycles. The van der Waals surface area contributed by atoms with E-state index < -0.39 is 34.9 Å². The third-order valence-electron chi connectivity index (χ3n) is 1.51. The van der Waals surface area contributed by atoms with E-state index in [0.717, 1.165) is 13.2 Å². The van der Waals surface area contributed by atoms with Gasteiger partial charge in [0.2, 0.25) is 0 Å². The van der Waals surface area contributed by atoms with Gasteiger partial charge in [-0.1, -0.05) is 0 Å². The largest absolute Gasteiger partial charge is 0.333 e. The van der Waals surface area contributed by atoms with Crippen molar-refractivity contribution in [3.63, 3.8) is 0 Å². The molecule has 0 aliphatic heterocycles. The number of benzene rings is 1. The molecule has 0 aromatic heterocycles. The highest BCUT2D eigenvalue weighted by atomic mass is 32.2. The fraction of sp³-hybridized carbons (Fsp3) is 0.143. The van der Waals surface area contributed by atoms with Crippen LogP contribution in [0.3, 0.4) is 0 Å². The second-order valence-corrected chi connectivity index (χ2v) is 5.49. The average molecular weight is 272 g/mol. The van der Waals surface area contributed by atoms with Gasteiger partial charge in [0.05, 0.1) is 0 Å². The van der Waals surface area contributed by atoms with Crippen LogP contribution >= 0.6 is 8.25 Å². The summed E-state index contributed by atoms with van der Waals surface area (Å²) in [5, 5.41) is 0. The molecule has 0 amide bonds. The minimum absolute atomic E-state index is 0.426. The number of rotatable bonds is 4. The number of hydrogen-bond acceptors (Lipinski definition) is 5. The van der Waals surface area contributed by atoms with E-state index in [9.17, 15) is 21.8 Å². The van der Waals surface area contributed by atoms with Gasteiger partial charge >= 0.3 is 18.4 Å². The minimum atomic E-state index is -4.63. The molecule has 0 aliphatic rings. The minimum Gasteiger partial charge on any atom is -0.313 e. The van der Waals surface area contributed by atoms with Crippen LogP contribution in [0.25, 0.3) is 0 Å². The molecule has 16 heavy (non-hydrogen) atoms. The molecule has 0 radical (unpaired) electrons. The van der Waals surface area contributed by atoms with Gasteiger partial charge in [0.15, 0.2) is 0 Å². The molecule has 9 heteroatoms.